The maximum Gasteiger partial charge on any atom is 0.335 e. The maximum absolute atomic E-state index is 15.4. The highest BCUT2D eigenvalue weighted by molar-refractivity contribution is 5.87. The summed E-state index contributed by atoms with van der Waals surface area (Å²) in [5.41, 5.74) is 3.06. The van der Waals surface area contributed by atoms with Crippen LogP contribution in [0.2, 0.25) is 0 Å². The Morgan fingerprint density at radius 2 is 1.52 bits per heavy atom. The van der Waals surface area contributed by atoms with E-state index in [1.54, 1.807) is 6.07 Å². The topological polar surface area (TPSA) is 104 Å². The van der Waals surface area contributed by atoms with Gasteiger partial charge in [-0.25, -0.2) is 13.6 Å². The van der Waals surface area contributed by atoms with Crippen LogP contribution < -0.4 is 0 Å². The van der Waals surface area contributed by atoms with Gasteiger partial charge in [0.25, 0.3) is 0 Å². The highest BCUT2D eigenvalue weighted by atomic mass is 19.1. The number of aliphatic hydroxyl groups is 3. The lowest BCUT2D eigenvalue weighted by molar-refractivity contribution is -0.141. The Labute approximate surface area is 297 Å². The Bertz CT molecular complexity index is 1370. The minimum atomic E-state index is -0.627. The molecule has 0 amide bonds. The first kappa shape index (κ1) is 41.2. The summed E-state index contributed by atoms with van der Waals surface area (Å²) < 4.78 is 35.8. The highest BCUT2D eigenvalue weighted by Crippen LogP contribution is 2.41. The van der Waals surface area contributed by atoms with Crippen molar-refractivity contribution in [3.05, 3.63) is 83.5 Å². The molecular formula is C42H58F2O6. The minimum Gasteiger partial charge on any atom is -0.462 e. The van der Waals surface area contributed by atoms with E-state index in [0.29, 0.717) is 29.2 Å². The third-order valence-electron chi connectivity index (χ3n) is 10.7. The molecule has 0 aromatic heterocycles. The molecular weight excluding hydrogens is 638 g/mol. The molecule has 0 spiro atoms. The fraction of sp³-hybridized carbons (Fsp3) is 0.571. The van der Waals surface area contributed by atoms with Gasteiger partial charge < -0.3 is 20.1 Å². The van der Waals surface area contributed by atoms with Crippen molar-refractivity contribution in [1.82, 2.24) is 0 Å². The lowest BCUT2D eigenvalue weighted by Crippen LogP contribution is -2.21. The molecule has 3 N–H and O–H groups in total. The third kappa shape index (κ3) is 12.8. The van der Waals surface area contributed by atoms with Gasteiger partial charge in [-0.05, 0) is 117 Å². The number of aliphatic hydroxyl groups excluding tert-OH is 3. The number of carbonyl (C=O) groups is 2. The molecule has 2 aromatic carbocycles. The minimum absolute atomic E-state index is 0.00945. The second-order valence-corrected chi connectivity index (χ2v) is 14.3. The standard InChI is InChI=1S/C38H52F2O4.C4H6O2/c1-3-4-5-6-27-11-15-31(16-12-27)34-20-18-33(22-37(34)40)35-19-17-32(21-36(35)39)30-13-9-28(10-14-30)7-8-29(24-42)25-44-38(43)26(2)23-41;1-4(2-5)3-6/h17-22,27-31,41-42H,2-16,23-25H2,1H3;2,6H,1,3H2. The number of hydrogen-bond donors (Lipinski definition) is 3. The van der Waals surface area contributed by atoms with Crippen molar-refractivity contribution in [2.45, 2.75) is 109 Å². The number of aldehydes is 1. The third-order valence-corrected chi connectivity index (χ3v) is 10.7. The summed E-state index contributed by atoms with van der Waals surface area (Å²) in [4.78, 5) is 21.2. The van der Waals surface area contributed by atoms with Gasteiger partial charge in [-0.2, -0.15) is 0 Å². The number of halogens is 2. The summed E-state index contributed by atoms with van der Waals surface area (Å²) >= 11 is 0. The van der Waals surface area contributed by atoms with E-state index >= 15 is 8.78 Å². The molecule has 0 bridgehead atoms. The number of esters is 1. The van der Waals surface area contributed by atoms with E-state index in [1.165, 1.54) is 44.6 Å². The second-order valence-electron chi connectivity index (χ2n) is 14.3. The van der Waals surface area contributed by atoms with Crippen LogP contribution in [0.5, 0.6) is 0 Å². The van der Waals surface area contributed by atoms with Gasteiger partial charge in [-0.15, -0.1) is 0 Å². The lowest BCUT2D eigenvalue weighted by atomic mass is 9.76. The van der Waals surface area contributed by atoms with Gasteiger partial charge in [-0.3, -0.25) is 4.79 Å². The van der Waals surface area contributed by atoms with Crippen LogP contribution in [0.1, 0.15) is 120 Å². The average molecular weight is 697 g/mol. The van der Waals surface area contributed by atoms with Crippen molar-refractivity contribution in [1.29, 1.82) is 0 Å². The number of hydrogen-bond acceptors (Lipinski definition) is 6. The molecule has 8 heteroatoms. The summed E-state index contributed by atoms with van der Waals surface area (Å²) in [6.45, 7) is 8.25. The van der Waals surface area contributed by atoms with Crippen molar-refractivity contribution in [3.63, 3.8) is 0 Å². The van der Waals surface area contributed by atoms with Crippen LogP contribution in [0.3, 0.4) is 0 Å². The monoisotopic (exact) mass is 696 g/mol. The smallest absolute Gasteiger partial charge is 0.335 e. The molecule has 2 aliphatic rings. The Morgan fingerprint density at radius 3 is 2.06 bits per heavy atom. The summed E-state index contributed by atoms with van der Waals surface area (Å²) in [5, 5.41) is 26.7. The molecule has 0 radical (unpaired) electrons. The van der Waals surface area contributed by atoms with Gasteiger partial charge in [-0.1, -0.05) is 70.0 Å². The Balaban J connectivity index is 0.00000103. The van der Waals surface area contributed by atoms with Crippen LogP contribution in [0.25, 0.3) is 11.1 Å². The second kappa shape index (κ2) is 21.9. The number of benzene rings is 2. The zero-order valence-electron chi connectivity index (χ0n) is 29.9. The van der Waals surface area contributed by atoms with E-state index in [2.05, 4.69) is 20.1 Å². The molecule has 6 nitrogen and oxygen atoms in total. The molecule has 50 heavy (non-hydrogen) atoms. The Kier molecular flexibility index (Phi) is 18.0. The molecule has 2 aromatic rings. The molecule has 0 heterocycles. The molecule has 0 saturated heterocycles. The number of rotatable bonds is 17. The van der Waals surface area contributed by atoms with E-state index in [-0.39, 0.29) is 54.4 Å². The van der Waals surface area contributed by atoms with Gasteiger partial charge in [0.2, 0.25) is 0 Å². The molecule has 276 valence electrons. The van der Waals surface area contributed by atoms with Crippen molar-refractivity contribution in [2.75, 3.05) is 26.4 Å². The molecule has 1 atom stereocenters. The van der Waals surface area contributed by atoms with Crippen LogP contribution in [-0.4, -0.2) is 54.0 Å². The zero-order valence-corrected chi connectivity index (χ0v) is 29.9. The highest BCUT2D eigenvalue weighted by Gasteiger charge is 2.26. The van der Waals surface area contributed by atoms with Crippen LogP contribution in [-0.2, 0) is 14.3 Å². The predicted octanol–water partition coefficient (Wildman–Crippen LogP) is 8.97. The SMILES string of the molecule is C=C(C=O)CO.C=C(CO)C(=O)OCC(CO)CCC1CCC(c2ccc(-c3ccc(C4CCC(CCCCC)CC4)c(F)c3)c(F)c2)CC1. The van der Waals surface area contributed by atoms with Crippen molar-refractivity contribution < 1.29 is 38.4 Å². The van der Waals surface area contributed by atoms with E-state index in [0.717, 1.165) is 68.4 Å². The summed E-state index contributed by atoms with van der Waals surface area (Å²) in [6, 6.07) is 10.8. The van der Waals surface area contributed by atoms with Crippen molar-refractivity contribution in [3.8, 4) is 11.1 Å². The molecule has 2 saturated carbocycles. The first-order chi connectivity index (χ1) is 24.1. The zero-order chi connectivity index (χ0) is 36.5. The molecule has 0 aliphatic heterocycles. The maximum atomic E-state index is 15.4. The number of unbranched alkanes of at least 4 members (excludes halogenated alkanes) is 2. The first-order valence-corrected chi connectivity index (χ1v) is 18.5. The van der Waals surface area contributed by atoms with Crippen molar-refractivity contribution in [2.24, 2.45) is 17.8 Å². The summed E-state index contributed by atoms with van der Waals surface area (Å²) in [5.74, 6) is 0.582. The molecule has 2 aliphatic carbocycles. The quantitative estimate of drug-likeness (QED) is 0.0661. The molecule has 2 fully saturated rings. The average Bonchev–Trinajstić information content (AvgIpc) is 3.15. The van der Waals surface area contributed by atoms with Gasteiger partial charge in [0.15, 0.2) is 0 Å². The first-order valence-electron chi connectivity index (χ1n) is 18.5. The van der Waals surface area contributed by atoms with E-state index in [4.69, 9.17) is 14.9 Å². The van der Waals surface area contributed by atoms with Crippen LogP contribution >= 0.6 is 0 Å². The molecule has 1 unspecified atom stereocenters. The predicted molar refractivity (Wildman–Crippen MR) is 195 cm³/mol. The number of ether oxygens (including phenoxy) is 1. The van der Waals surface area contributed by atoms with Gasteiger partial charge in [0.1, 0.15) is 17.9 Å². The summed E-state index contributed by atoms with van der Waals surface area (Å²) in [7, 11) is 0. The van der Waals surface area contributed by atoms with E-state index in [9.17, 15) is 14.7 Å². The lowest BCUT2D eigenvalue weighted by Gasteiger charge is -2.30. The fourth-order valence-electron chi connectivity index (χ4n) is 7.37. The summed E-state index contributed by atoms with van der Waals surface area (Å²) in [6.07, 6.45) is 15.8. The Hall–Kier alpha value is -3.20. The van der Waals surface area contributed by atoms with Gasteiger partial charge in [0.05, 0.1) is 25.4 Å². The normalized spacial score (nSPS) is 21.0. The Morgan fingerprint density at radius 1 is 0.860 bits per heavy atom. The van der Waals surface area contributed by atoms with Crippen LogP contribution in [0, 0.1) is 29.4 Å². The van der Waals surface area contributed by atoms with Crippen molar-refractivity contribution >= 4 is 12.3 Å². The fourth-order valence-corrected chi connectivity index (χ4v) is 7.37. The number of carbonyl (C=O) groups excluding carboxylic acids is 2. The van der Waals surface area contributed by atoms with E-state index in [1.807, 2.05) is 24.3 Å². The van der Waals surface area contributed by atoms with Gasteiger partial charge >= 0.3 is 5.97 Å². The van der Waals surface area contributed by atoms with Crippen LogP contribution in [0.4, 0.5) is 8.78 Å². The van der Waals surface area contributed by atoms with Gasteiger partial charge in [0, 0.05) is 23.7 Å². The largest absolute Gasteiger partial charge is 0.462 e. The van der Waals surface area contributed by atoms with E-state index < -0.39 is 12.6 Å². The molecule has 4 rings (SSSR count). The van der Waals surface area contributed by atoms with Crippen LogP contribution in [0.15, 0.2) is 60.7 Å².